The number of thiophene rings is 1. The first-order valence-electron chi connectivity index (χ1n) is 7.59. The van der Waals surface area contributed by atoms with E-state index in [-0.39, 0.29) is 11.4 Å². The molecule has 0 saturated carbocycles. The summed E-state index contributed by atoms with van der Waals surface area (Å²) in [6.45, 7) is 0.471. The Morgan fingerprint density at radius 3 is 2.52 bits per heavy atom. The van der Waals surface area contributed by atoms with Gasteiger partial charge in [0.05, 0.1) is 18.4 Å². The van der Waals surface area contributed by atoms with Gasteiger partial charge in [-0.2, -0.15) is 0 Å². The van der Waals surface area contributed by atoms with E-state index in [4.69, 9.17) is 0 Å². The monoisotopic (exact) mass is 414 g/mol. The molecule has 2 aromatic heterocycles. The fourth-order valence-electron chi connectivity index (χ4n) is 2.68. The Balaban J connectivity index is 1.75. The lowest BCUT2D eigenvalue weighted by Crippen LogP contribution is -2.20. The molecule has 4 aromatic rings. The Morgan fingerprint density at radius 2 is 1.80 bits per heavy atom. The zero-order chi connectivity index (χ0) is 17.4. The highest BCUT2D eigenvalue weighted by Gasteiger charge is 2.12. The number of hydrogen-bond donors (Lipinski definition) is 0. The van der Waals surface area contributed by atoms with Crippen LogP contribution in [0, 0.1) is 5.82 Å². The maximum absolute atomic E-state index is 13.1. The second-order valence-electron chi connectivity index (χ2n) is 5.64. The van der Waals surface area contributed by atoms with Gasteiger partial charge in [-0.15, -0.1) is 11.3 Å². The predicted octanol–water partition coefficient (Wildman–Crippen LogP) is 5.07. The van der Waals surface area contributed by atoms with E-state index in [0.717, 1.165) is 21.2 Å². The smallest absolute Gasteiger partial charge is 0.271 e. The average Bonchev–Trinajstić information content (AvgIpc) is 3.05. The number of aromatic nitrogens is 2. The van der Waals surface area contributed by atoms with Crippen LogP contribution < -0.4 is 5.56 Å². The van der Waals surface area contributed by atoms with Crippen LogP contribution in [0.15, 0.2) is 69.5 Å². The van der Waals surface area contributed by atoms with E-state index in [1.807, 2.05) is 29.6 Å². The molecule has 0 unspecified atom stereocenters. The highest BCUT2D eigenvalue weighted by atomic mass is 79.9. The molecule has 4 rings (SSSR count). The summed E-state index contributed by atoms with van der Waals surface area (Å²) in [5.41, 5.74) is 3.33. The van der Waals surface area contributed by atoms with Crippen LogP contribution in [0.1, 0.15) is 5.56 Å². The van der Waals surface area contributed by atoms with E-state index in [1.165, 1.54) is 23.5 Å². The number of hydrogen-bond acceptors (Lipinski definition) is 3. The van der Waals surface area contributed by atoms with Crippen molar-refractivity contribution in [2.24, 2.45) is 0 Å². The van der Waals surface area contributed by atoms with Gasteiger partial charge in [-0.3, -0.25) is 9.36 Å². The molecular formula is C19H12BrFN2OS. The van der Waals surface area contributed by atoms with Crippen LogP contribution in [0.3, 0.4) is 0 Å². The minimum atomic E-state index is -0.284. The number of fused-ring (bicyclic) bond motifs is 1. The summed E-state index contributed by atoms with van der Waals surface area (Å²) in [5.74, 6) is -0.284. The van der Waals surface area contributed by atoms with E-state index in [0.29, 0.717) is 16.8 Å². The van der Waals surface area contributed by atoms with Crippen molar-refractivity contribution in [3.63, 3.8) is 0 Å². The van der Waals surface area contributed by atoms with Crippen LogP contribution in [-0.4, -0.2) is 9.55 Å². The Hall–Kier alpha value is -2.31. The Morgan fingerprint density at radius 1 is 1.08 bits per heavy atom. The lowest BCUT2D eigenvalue weighted by Gasteiger charge is -2.06. The topological polar surface area (TPSA) is 34.9 Å². The molecule has 0 aliphatic heterocycles. The van der Waals surface area contributed by atoms with Gasteiger partial charge in [0.15, 0.2) is 0 Å². The lowest BCUT2D eigenvalue weighted by atomic mass is 10.1. The third-order valence-corrected chi connectivity index (χ3v) is 5.45. The van der Waals surface area contributed by atoms with Gasteiger partial charge in [-0.25, -0.2) is 9.37 Å². The third-order valence-electron chi connectivity index (χ3n) is 3.97. The van der Waals surface area contributed by atoms with Gasteiger partial charge in [0.25, 0.3) is 5.56 Å². The molecule has 0 fully saturated rings. The SMILES string of the molecule is O=c1c2scc(-c3ccc(F)cc3)c2ncn1Cc1ccc(Br)cc1. The number of benzene rings is 2. The first-order valence-corrected chi connectivity index (χ1v) is 9.26. The molecule has 0 aliphatic rings. The standard InChI is InChI=1S/C19H12BrFN2OS/c20-14-5-1-12(2-6-14)9-23-11-22-17-16(10-25-18(17)19(23)24)13-3-7-15(21)8-4-13/h1-8,10-11H,9H2. The minimum Gasteiger partial charge on any atom is -0.294 e. The third kappa shape index (κ3) is 3.15. The molecule has 2 heterocycles. The molecule has 3 nitrogen and oxygen atoms in total. The summed E-state index contributed by atoms with van der Waals surface area (Å²) in [5, 5.41) is 1.90. The van der Waals surface area contributed by atoms with Crippen molar-refractivity contribution in [1.82, 2.24) is 9.55 Å². The maximum atomic E-state index is 13.1. The molecular weight excluding hydrogens is 403 g/mol. The quantitative estimate of drug-likeness (QED) is 0.468. The van der Waals surface area contributed by atoms with Crippen LogP contribution >= 0.6 is 27.3 Å². The number of nitrogens with zero attached hydrogens (tertiary/aromatic N) is 2. The van der Waals surface area contributed by atoms with E-state index < -0.39 is 0 Å². The van der Waals surface area contributed by atoms with E-state index in [2.05, 4.69) is 20.9 Å². The molecule has 2 aromatic carbocycles. The van der Waals surface area contributed by atoms with Crippen molar-refractivity contribution >= 4 is 37.5 Å². The highest BCUT2D eigenvalue weighted by Crippen LogP contribution is 2.30. The van der Waals surface area contributed by atoms with Gasteiger partial charge in [-0.05, 0) is 35.4 Å². The van der Waals surface area contributed by atoms with Gasteiger partial charge < -0.3 is 0 Å². The fraction of sp³-hybridized carbons (Fsp3) is 0.0526. The first kappa shape index (κ1) is 16.2. The molecule has 0 spiro atoms. The second-order valence-corrected chi connectivity index (χ2v) is 7.43. The Labute approximate surface area is 155 Å². The van der Waals surface area contributed by atoms with Crippen molar-refractivity contribution in [2.45, 2.75) is 6.54 Å². The molecule has 124 valence electrons. The van der Waals surface area contributed by atoms with Gasteiger partial charge >= 0.3 is 0 Å². The summed E-state index contributed by atoms with van der Waals surface area (Å²) >= 11 is 4.77. The first-order chi connectivity index (χ1) is 12.1. The van der Waals surface area contributed by atoms with Crippen LogP contribution in [0.2, 0.25) is 0 Å². The zero-order valence-electron chi connectivity index (χ0n) is 12.9. The average molecular weight is 415 g/mol. The summed E-state index contributed by atoms with van der Waals surface area (Å²) in [4.78, 5) is 17.2. The lowest BCUT2D eigenvalue weighted by molar-refractivity contribution is 0.628. The van der Waals surface area contributed by atoms with Gasteiger partial charge in [-0.1, -0.05) is 40.2 Å². The van der Waals surface area contributed by atoms with E-state index >= 15 is 0 Å². The molecule has 0 radical (unpaired) electrons. The molecule has 0 bridgehead atoms. The fourth-order valence-corrected chi connectivity index (χ4v) is 3.92. The maximum Gasteiger partial charge on any atom is 0.271 e. The summed E-state index contributed by atoms with van der Waals surface area (Å²) < 4.78 is 16.3. The minimum absolute atomic E-state index is 0.0636. The molecule has 0 N–H and O–H groups in total. The van der Waals surface area contributed by atoms with Crippen LogP contribution in [-0.2, 0) is 6.54 Å². The van der Waals surface area contributed by atoms with Gasteiger partial charge in [0, 0.05) is 15.4 Å². The van der Waals surface area contributed by atoms with Crippen molar-refractivity contribution in [1.29, 1.82) is 0 Å². The molecule has 25 heavy (non-hydrogen) atoms. The predicted molar refractivity (Wildman–Crippen MR) is 103 cm³/mol. The van der Waals surface area contributed by atoms with Crippen molar-refractivity contribution in [3.05, 3.63) is 86.4 Å². The normalized spacial score (nSPS) is 11.1. The van der Waals surface area contributed by atoms with Crippen molar-refractivity contribution in [2.75, 3.05) is 0 Å². The molecule has 0 atom stereocenters. The van der Waals surface area contributed by atoms with Crippen LogP contribution in [0.25, 0.3) is 21.3 Å². The molecule has 0 saturated heterocycles. The largest absolute Gasteiger partial charge is 0.294 e. The van der Waals surface area contributed by atoms with Gasteiger partial charge in [0.2, 0.25) is 0 Å². The Kier molecular flexibility index (Phi) is 4.23. The zero-order valence-corrected chi connectivity index (χ0v) is 15.3. The van der Waals surface area contributed by atoms with Crippen LogP contribution in [0.5, 0.6) is 0 Å². The second kappa shape index (κ2) is 6.54. The highest BCUT2D eigenvalue weighted by molar-refractivity contribution is 9.10. The summed E-state index contributed by atoms with van der Waals surface area (Å²) in [6, 6.07) is 14.1. The summed E-state index contributed by atoms with van der Waals surface area (Å²) in [6.07, 6.45) is 1.58. The van der Waals surface area contributed by atoms with Crippen LogP contribution in [0.4, 0.5) is 4.39 Å². The summed E-state index contributed by atoms with van der Waals surface area (Å²) in [7, 11) is 0. The van der Waals surface area contributed by atoms with E-state index in [9.17, 15) is 9.18 Å². The Bertz CT molecular complexity index is 1100. The molecule has 0 aliphatic carbocycles. The van der Waals surface area contributed by atoms with Crippen molar-refractivity contribution < 1.29 is 4.39 Å². The van der Waals surface area contributed by atoms with E-state index in [1.54, 1.807) is 23.0 Å². The molecule has 6 heteroatoms. The number of halogens is 2. The van der Waals surface area contributed by atoms with Crippen molar-refractivity contribution in [3.8, 4) is 11.1 Å². The van der Waals surface area contributed by atoms with Gasteiger partial charge in [0.1, 0.15) is 10.5 Å². The molecule has 0 amide bonds. The number of rotatable bonds is 3.